The van der Waals surface area contributed by atoms with Gasteiger partial charge in [0.1, 0.15) is 0 Å². The lowest BCUT2D eigenvalue weighted by molar-refractivity contribution is -0.116. The van der Waals surface area contributed by atoms with E-state index in [9.17, 15) is 4.79 Å². The van der Waals surface area contributed by atoms with Crippen molar-refractivity contribution in [3.63, 3.8) is 0 Å². The maximum absolute atomic E-state index is 12.1. The zero-order chi connectivity index (χ0) is 16.8. The molecule has 2 rings (SSSR count). The Hall–Kier alpha value is -2.69. The quantitative estimate of drug-likeness (QED) is 0.803. The second kappa shape index (κ2) is 7.54. The highest BCUT2D eigenvalue weighted by atomic mass is 16.5. The van der Waals surface area contributed by atoms with E-state index in [1.807, 2.05) is 43.3 Å². The van der Waals surface area contributed by atoms with Crippen LogP contribution in [0.1, 0.15) is 17.5 Å². The molecule has 0 aromatic heterocycles. The predicted octanol–water partition coefficient (Wildman–Crippen LogP) is 3.17. The monoisotopic (exact) mass is 314 g/mol. The number of carbonyl (C=O) groups excluding carboxylic acids is 1. The van der Waals surface area contributed by atoms with E-state index >= 15 is 0 Å². The largest absolute Gasteiger partial charge is 0.493 e. The van der Waals surface area contributed by atoms with Gasteiger partial charge in [-0.05, 0) is 48.7 Å². The van der Waals surface area contributed by atoms with Crippen LogP contribution in [0.3, 0.4) is 0 Å². The number of carbonyl (C=O) groups is 1. The van der Waals surface area contributed by atoms with Crippen molar-refractivity contribution in [1.29, 1.82) is 0 Å². The molecule has 0 radical (unpaired) electrons. The first-order valence-corrected chi connectivity index (χ1v) is 7.41. The molecule has 3 N–H and O–H groups in total. The summed E-state index contributed by atoms with van der Waals surface area (Å²) in [7, 11) is 3.19. The van der Waals surface area contributed by atoms with Gasteiger partial charge in [-0.25, -0.2) is 0 Å². The van der Waals surface area contributed by atoms with Gasteiger partial charge in [-0.1, -0.05) is 12.1 Å². The maximum Gasteiger partial charge on any atom is 0.224 e. The second-order valence-electron chi connectivity index (χ2n) is 5.26. The minimum Gasteiger partial charge on any atom is -0.493 e. The topological polar surface area (TPSA) is 73.6 Å². The number of hydrogen-bond acceptors (Lipinski definition) is 4. The Morgan fingerprint density at radius 1 is 1.13 bits per heavy atom. The zero-order valence-electron chi connectivity index (χ0n) is 13.7. The van der Waals surface area contributed by atoms with Gasteiger partial charge in [0.15, 0.2) is 11.5 Å². The van der Waals surface area contributed by atoms with Crippen LogP contribution in [0.2, 0.25) is 0 Å². The number of hydrogen-bond donors (Lipinski definition) is 2. The summed E-state index contributed by atoms with van der Waals surface area (Å²) in [4.78, 5) is 12.1. The smallest absolute Gasteiger partial charge is 0.224 e. The summed E-state index contributed by atoms with van der Waals surface area (Å²) in [6.45, 7) is 1.89. The van der Waals surface area contributed by atoms with Crippen LogP contribution in [0.25, 0.3) is 0 Å². The standard InChI is InChI=1S/C18H22N2O3/c1-12-14(19)5-4-6-15(12)20-18(21)10-8-13-7-9-16(22-2)17(11-13)23-3/h4-7,9,11H,8,10,19H2,1-3H3,(H,20,21). The number of rotatable bonds is 6. The number of methoxy groups -OCH3 is 2. The van der Waals surface area contributed by atoms with Gasteiger partial charge in [0, 0.05) is 17.8 Å². The van der Waals surface area contributed by atoms with Crippen molar-refractivity contribution in [1.82, 2.24) is 0 Å². The van der Waals surface area contributed by atoms with Crippen molar-refractivity contribution in [2.24, 2.45) is 0 Å². The summed E-state index contributed by atoms with van der Waals surface area (Å²) < 4.78 is 10.5. The minimum atomic E-state index is -0.0477. The van der Waals surface area contributed by atoms with E-state index in [-0.39, 0.29) is 5.91 Å². The summed E-state index contributed by atoms with van der Waals surface area (Å²) in [5, 5.41) is 2.90. The fraction of sp³-hybridized carbons (Fsp3) is 0.278. The summed E-state index contributed by atoms with van der Waals surface area (Å²) in [6.07, 6.45) is 0.997. The molecule has 0 heterocycles. The summed E-state index contributed by atoms with van der Waals surface area (Å²) in [5.41, 5.74) is 9.16. The molecule has 0 spiro atoms. The molecule has 0 bridgehead atoms. The van der Waals surface area contributed by atoms with E-state index in [2.05, 4.69) is 5.32 Å². The summed E-state index contributed by atoms with van der Waals surface area (Å²) >= 11 is 0. The van der Waals surface area contributed by atoms with Crippen LogP contribution in [0.4, 0.5) is 11.4 Å². The van der Waals surface area contributed by atoms with Gasteiger partial charge in [-0.15, -0.1) is 0 Å². The third-order valence-corrected chi connectivity index (χ3v) is 3.74. The highest BCUT2D eigenvalue weighted by Gasteiger charge is 2.09. The van der Waals surface area contributed by atoms with Crippen molar-refractivity contribution in [3.05, 3.63) is 47.5 Å². The van der Waals surface area contributed by atoms with Gasteiger partial charge in [0.2, 0.25) is 5.91 Å². The molecule has 23 heavy (non-hydrogen) atoms. The van der Waals surface area contributed by atoms with Crippen LogP contribution in [0.15, 0.2) is 36.4 Å². The van der Waals surface area contributed by atoms with Crippen molar-refractivity contribution in [2.45, 2.75) is 19.8 Å². The van der Waals surface area contributed by atoms with Crippen LogP contribution in [-0.2, 0) is 11.2 Å². The van der Waals surface area contributed by atoms with Gasteiger partial charge in [0.05, 0.1) is 14.2 Å². The van der Waals surface area contributed by atoms with E-state index in [4.69, 9.17) is 15.2 Å². The minimum absolute atomic E-state index is 0.0477. The fourth-order valence-electron chi connectivity index (χ4n) is 2.30. The Kier molecular flexibility index (Phi) is 5.46. The molecular formula is C18H22N2O3. The SMILES string of the molecule is COc1ccc(CCC(=O)Nc2cccc(N)c2C)cc1OC. The number of aryl methyl sites for hydroxylation is 1. The second-order valence-corrected chi connectivity index (χ2v) is 5.26. The van der Waals surface area contributed by atoms with E-state index in [0.717, 1.165) is 16.8 Å². The lowest BCUT2D eigenvalue weighted by Gasteiger charge is -2.11. The first-order valence-electron chi connectivity index (χ1n) is 7.41. The molecule has 0 saturated carbocycles. The molecular weight excluding hydrogens is 292 g/mol. The van der Waals surface area contributed by atoms with Crippen LogP contribution in [0.5, 0.6) is 11.5 Å². The molecule has 0 aliphatic heterocycles. The molecule has 0 fully saturated rings. The average Bonchev–Trinajstić information content (AvgIpc) is 2.56. The van der Waals surface area contributed by atoms with Crippen LogP contribution < -0.4 is 20.5 Å². The Morgan fingerprint density at radius 2 is 1.87 bits per heavy atom. The molecule has 0 aliphatic carbocycles. The van der Waals surface area contributed by atoms with Gasteiger partial charge < -0.3 is 20.5 Å². The Balaban J connectivity index is 1.98. The number of nitrogens with one attached hydrogen (secondary N) is 1. The zero-order valence-corrected chi connectivity index (χ0v) is 13.7. The number of nitrogen functional groups attached to an aromatic ring is 1. The predicted molar refractivity (Wildman–Crippen MR) is 92.1 cm³/mol. The third-order valence-electron chi connectivity index (χ3n) is 3.74. The Morgan fingerprint density at radius 3 is 2.57 bits per heavy atom. The van der Waals surface area contributed by atoms with Crippen molar-refractivity contribution >= 4 is 17.3 Å². The molecule has 122 valence electrons. The molecule has 5 heteroatoms. The van der Waals surface area contributed by atoms with E-state index in [0.29, 0.717) is 30.0 Å². The van der Waals surface area contributed by atoms with Gasteiger partial charge in [0.25, 0.3) is 0 Å². The van der Waals surface area contributed by atoms with Crippen molar-refractivity contribution in [3.8, 4) is 11.5 Å². The molecule has 2 aromatic carbocycles. The van der Waals surface area contributed by atoms with Crippen LogP contribution in [0, 0.1) is 6.92 Å². The normalized spacial score (nSPS) is 10.2. The lowest BCUT2D eigenvalue weighted by Crippen LogP contribution is -2.13. The van der Waals surface area contributed by atoms with Crippen molar-refractivity contribution in [2.75, 3.05) is 25.3 Å². The molecule has 0 unspecified atom stereocenters. The Labute approximate surface area is 136 Å². The lowest BCUT2D eigenvalue weighted by atomic mass is 10.1. The first-order chi connectivity index (χ1) is 11.0. The highest BCUT2D eigenvalue weighted by Crippen LogP contribution is 2.28. The number of nitrogens with two attached hydrogens (primary N) is 1. The number of anilines is 2. The molecule has 0 aliphatic rings. The van der Waals surface area contributed by atoms with Crippen LogP contribution >= 0.6 is 0 Å². The van der Waals surface area contributed by atoms with E-state index in [1.54, 1.807) is 14.2 Å². The van der Waals surface area contributed by atoms with Gasteiger partial charge in [-0.3, -0.25) is 4.79 Å². The number of benzene rings is 2. The molecule has 0 atom stereocenters. The van der Waals surface area contributed by atoms with Crippen molar-refractivity contribution < 1.29 is 14.3 Å². The highest BCUT2D eigenvalue weighted by molar-refractivity contribution is 5.92. The number of ether oxygens (including phenoxy) is 2. The number of amides is 1. The summed E-state index contributed by atoms with van der Waals surface area (Å²) in [6, 6.07) is 11.1. The average molecular weight is 314 g/mol. The van der Waals surface area contributed by atoms with Gasteiger partial charge in [-0.2, -0.15) is 0 Å². The van der Waals surface area contributed by atoms with Crippen LogP contribution in [-0.4, -0.2) is 20.1 Å². The fourth-order valence-corrected chi connectivity index (χ4v) is 2.30. The molecule has 1 amide bonds. The molecule has 2 aromatic rings. The molecule has 0 saturated heterocycles. The van der Waals surface area contributed by atoms with E-state index < -0.39 is 0 Å². The molecule has 5 nitrogen and oxygen atoms in total. The Bertz CT molecular complexity index is 699. The third kappa shape index (κ3) is 4.16. The maximum atomic E-state index is 12.1. The first kappa shape index (κ1) is 16.7. The summed E-state index contributed by atoms with van der Waals surface area (Å²) in [5.74, 6) is 1.29. The van der Waals surface area contributed by atoms with Gasteiger partial charge >= 0.3 is 0 Å². The van der Waals surface area contributed by atoms with E-state index in [1.165, 1.54) is 0 Å².